The van der Waals surface area contributed by atoms with Crippen LogP contribution in [-0.4, -0.2) is 35.4 Å². The molecule has 1 heterocycles. The largest absolute Gasteiger partial charge is 0.297 e. The lowest BCUT2D eigenvalue weighted by atomic mass is 10.1. The van der Waals surface area contributed by atoms with Crippen molar-refractivity contribution < 1.29 is 4.79 Å². The third-order valence-corrected chi connectivity index (χ3v) is 3.83. The van der Waals surface area contributed by atoms with Gasteiger partial charge in [-0.1, -0.05) is 18.2 Å². The molecule has 0 unspecified atom stereocenters. The first kappa shape index (κ1) is 12.4. The number of rotatable bonds is 3. The van der Waals surface area contributed by atoms with E-state index in [0.717, 1.165) is 25.2 Å². The van der Waals surface area contributed by atoms with E-state index in [-0.39, 0.29) is 5.91 Å². The van der Waals surface area contributed by atoms with Gasteiger partial charge in [0.15, 0.2) is 0 Å². The highest BCUT2D eigenvalue weighted by molar-refractivity contribution is 7.99. The zero-order valence-electron chi connectivity index (χ0n) is 9.69. The Kier molecular flexibility index (Phi) is 4.42. The summed E-state index contributed by atoms with van der Waals surface area (Å²) in [5, 5.41) is 0. The third kappa shape index (κ3) is 3.21. The topological polar surface area (TPSA) is 58.4 Å². The number of hydrogen-bond donors (Lipinski definition) is 2. The van der Waals surface area contributed by atoms with E-state index in [2.05, 4.69) is 10.3 Å². The summed E-state index contributed by atoms with van der Waals surface area (Å²) in [6.07, 6.45) is 0. The summed E-state index contributed by atoms with van der Waals surface area (Å²) in [5.74, 6) is 7.32. The molecule has 92 valence electrons. The second-order valence-corrected chi connectivity index (χ2v) is 5.24. The molecule has 5 heteroatoms. The summed E-state index contributed by atoms with van der Waals surface area (Å²) >= 11 is 1.98. The van der Waals surface area contributed by atoms with Crippen molar-refractivity contribution in [3.63, 3.8) is 0 Å². The maximum Gasteiger partial charge on any atom is 0.265 e. The first-order valence-electron chi connectivity index (χ1n) is 5.70. The minimum Gasteiger partial charge on any atom is -0.297 e. The van der Waals surface area contributed by atoms with E-state index in [1.54, 1.807) is 0 Å². The van der Waals surface area contributed by atoms with Crippen LogP contribution < -0.4 is 11.3 Å². The van der Waals surface area contributed by atoms with Crippen molar-refractivity contribution in [2.24, 2.45) is 5.84 Å². The number of nitrogens with one attached hydrogen (secondary N) is 1. The van der Waals surface area contributed by atoms with Crippen molar-refractivity contribution in [1.82, 2.24) is 10.3 Å². The summed E-state index contributed by atoms with van der Waals surface area (Å²) < 4.78 is 0. The third-order valence-electron chi connectivity index (χ3n) is 2.89. The highest BCUT2D eigenvalue weighted by Gasteiger charge is 2.15. The molecule has 1 fully saturated rings. The molecule has 2 rings (SSSR count). The summed E-state index contributed by atoms with van der Waals surface area (Å²) in [7, 11) is 0. The van der Waals surface area contributed by atoms with Gasteiger partial charge in [0.1, 0.15) is 0 Å². The fraction of sp³-hybridized carbons (Fsp3) is 0.417. The van der Waals surface area contributed by atoms with Crippen LogP contribution in [0.4, 0.5) is 0 Å². The Labute approximate surface area is 106 Å². The molecule has 4 nitrogen and oxygen atoms in total. The molecule has 1 aromatic rings. The first-order valence-corrected chi connectivity index (χ1v) is 6.85. The Morgan fingerprint density at radius 3 is 2.76 bits per heavy atom. The Morgan fingerprint density at radius 1 is 1.35 bits per heavy atom. The summed E-state index contributed by atoms with van der Waals surface area (Å²) in [6.45, 7) is 3.00. The van der Waals surface area contributed by atoms with E-state index in [0.29, 0.717) is 5.56 Å². The van der Waals surface area contributed by atoms with E-state index >= 15 is 0 Å². The Balaban J connectivity index is 2.11. The van der Waals surface area contributed by atoms with Crippen molar-refractivity contribution in [2.45, 2.75) is 6.54 Å². The summed E-state index contributed by atoms with van der Waals surface area (Å²) in [4.78, 5) is 14.0. The zero-order chi connectivity index (χ0) is 12.1. The molecule has 1 saturated heterocycles. The number of nitrogens with zero attached hydrogens (tertiary/aromatic N) is 1. The van der Waals surface area contributed by atoms with Crippen molar-refractivity contribution >= 4 is 17.7 Å². The number of amides is 1. The lowest BCUT2D eigenvalue weighted by molar-refractivity contribution is 0.0951. The van der Waals surface area contributed by atoms with Crippen molar-refractivity contribution in [3.8, 4) is 0 Å². The van der Waals surface area contributed by atoms with Crippen LogP contribution in [-0.2, 0) is 6.54 Å². The number of thioether (sulfide) groups is 1. The van der Waals surface area contributed by atoms with E-state index < -0.39 is 0 Å². The molecule has 0 saturated carbocycles. The number of carbonyl (C=O) groups excluding carboxylic acids is 1. The lowest BCUT2D eigenvalue weighted by Crippen LogP contribution is -2.34. The van der Waals surface area contributed by atoms with Crippen molar-refractivity contribution in [3.05, 3.63) is 35.4 Å². The summed E-state index contributed by atoms with van der Waals surface area (Å²) in [6, 6.07) is 7.63. The van der Waals surface area contributed by atoms with Gasteiger partial charge in [0.05, 0.1) is 0 Å². The van der Waals surface area contributed by atoms with Gasteiger partial charge in [-0.3, -0.25) is 15.1 Å². The van der Waals surface area contributed by atoms with Crippen LogP contribution in [0.5, 0.6) is 0 Å². The second-order valence-electron chi connectivity index (χ2n) is 4.02. The van der Waals surface area contributed by atoms with Gasteiger partial charge < -0.3 is 0 Å². The second kappa shape index (κ2) is 6.05. The molecule has 0 bridgehead atoms. The number of carbonyl (C=O) groups is 1. The molecule has 1 amide bonds. The molecule has 3 N–H and O–H groups in total. The van der Waals surface area contributed by atoms with Gasteiger partial charge in [-0.05, 0) is 11.6 Å². The molecule has 1 aliphatic rings. The molecule has 0 radical (unpaired) electrons. The molecule has 0 aromatic heterocycles. The van der Waals surface area contributed by atoms with Crippen LogP contribution in [0.2, 0.25) is 0 Å². The first-order chi connectivity index (χ1) is 8.31. The van der Waals surface area contributed by atoms with Crippen LogP contribution in [0.1, 0.15) is 15.9 Å². The fourth-order valence-electron chi connectivity index (χ4n) is 1.96. The average molecular weight is 251 g/mol. The van der Waals surface area contributed by atoms with Crippen LogP contribution in [0.25, 0.3) is 0 Å². The minimum atomic E-state index is -0.216. The maximum atomic E-state index is 11.6. The zero-order valence-corrected chi connectivity index (χ0v) is 10.5. The molecule has 1 aliphatic heterocycles. The predicted octanol–water partition coefficient (Wildman–Crippen LogP) is 0.839. The highest BCUT2D eigenvalue weighted by Crippen LogP contribution is 2.15. The number of nitrogen functional groups attached to an aromatic ring is 1. The van der Waals surface area contributed by atoms with Gasteiger partial charge in [0.2, 0.25) is 0 Å². The average Bonchev–Trinajstić information content (AvgIpc) is 2.40. The smallest absolute Gasteiger partial charge is 0.265 e. The van der Waals surface area contributed by atoms with Gasteiger partial charge in [-0.2, -0.15) is 11.8 Å². The molecule has 1 aromatic carbocycles. The number of hydrazine groups is 1. The van der Waals surface area contributed by atoms with E-state index in [1.165, 1.54) is 11.5 Å². The Morgan fingerprint density at radius 2 is 2.06 bits per heavy atom. The number of benzene rings is 1. The monoisotopic (exact) mass is 251 g/mol. The van der Waals surface area contributed by atoms with Gasteiger partial charge in [0, 0.05) is 36.7 Å². The van der Waals surface area contributed by atoms with Crippen LogP contribution in [0.3, 0.4) is 0 Å². The van der Waals surface area contributed by atoms with Crippen LogP contribution >= 0.6 is 11.8 Å². The van der Waals surface area contributed by atoms with E-state index in [1.807, 2.05) is 36.0 Å². The number of nitrogens with two attached hydrogens (primary N) is 1. The summed E-state index contributed by atoms with van der Waals surface area (Å²) in [5.41, 5.74) is 3.92. The van der Waals surface area contributed by atoms with Crippen LogP contribution in [0.15, 0.2) is 24.3 Å². The van der Waals surface area contributed by atoms with Crippen molar-refractivity contribution in [2.75, 3.05) is 24.6 Å². The molecule has 0 aliphatic carbocycles. The molecule has 0 atom stereocenters. The van der Waals surface area contributed by atoms with E-state index in [4.69, 9.17) is 5.84 Å². The lowest BCUT2D eigenvalue weighted by Gasteiger charge is -2.26. The SMILES string of the molecule is NNC(=O)c1ccccc1CN1CCSCC1. The van der Waals surface area contributed by atoms with Crippen molar-refractivity contribution in [1.29, 1.82) is 0 Å². The Bertz CT molecular complexity index is 391. The van der Waals surface area contributed by atoms with Gasteiger partial charge in [-0.15, -0.1) is 0 Å². The predicted molar refractivity (Wildman–Crippen MR) is 70.7 cm³/mol. The highest BCUT2D eigenvalue weighted by atomic mass is 32.2. The molecule has 0 spiro atoms. The fourth-order valence-corrected chi connectivity index (χ4v) is 2.94. The maximum absolute atomic E-state index is 11.6. The van der Waals surface area contributed by atoms with Crippen LogP contribution in [0, 0.1) is 0 Å². The van der Waals surface area contributed by atoms with E-state index in [9.17, 15) is 4.79 Å². The molecular weight excluding hydrogens is 234 g/mol. The van der Waals surface area contributed by atoms with Gasteiger partial charge in [-0.25, -0.2) is 5.84 Å². The number of hydrogen-bond acceptors (Lipinski definition) is 4. The van der Waals surface area contributed by atoms with Gasteiger partial charge >= 0.3 is 0 Å². The minimum absolute atomic E-state index is 0.216. The Hall–Kier alpha value is -1.04. The van der Waals surface area contributed by atoms with Gasteiger partial charge in [0.25, 0.3) is 5.91 Å². The molecule has 17 heavy (non-hydrogen) atoms. The normalized spacial score (nSPS) is 16.8. The molecular formula is C12H17N3OS. The quantitative estimate of drug-likeness (QED) is 0.475. The standard InChI is InChI=1S/C12H17N3OS/c13-14-12(16)11-4-2-1-3-10(11)9-15-5-7-17-8-6-15/h1-4H,5-9,13H2,(H,14,16).